The Morgan fingerprint density at radius 3 is 2.40 bits per heavy atom. The van der Waals surface area contributed by atoms with Crippen molar-refractivity contribution in [1.29, 1.82) is 0 Å². The molecule has 108 valence electrons. The van der Waals surface area contributed by atoms with Gasteiger partial charge in [0.25, 0.3) is 0 Å². The highest BCUT2D eigenvalue weighted by atomic mass is 16.3. The molecular weight excluding hydrogens is 256 g/mol. The lowest BCUT2D eigenvalue weighted by Crippen LogP contribution is -2.46. The molecule has 0 saturated heterocycles. The number of ketones is 1. The van der Waals surface area contributed by atoms with Gasteiger partial charge in [0.15, 0.2) is 5.78 Å². The lowest BCUT2D eigenvalue weighted by Gasteiger charge is -2.28. The largest absolute Gasteiger partial charge is 0.391 e. The molecule has 1 aromatic rings. The second-order valence-electron chi connectivity index (χ2n) is 5.19. The quantitative estimate of drug-likeness (QED) is 0.741. The molecule has 2 atom stereocenters. The van der Waals surface area contributed by atoms with E-state index >= 15 is 0 Å². The molecule has 0 unspecified atom stereocenters. The molecule has 0 spiro atoms. The number of rotatable bonds is 3. The summed E-state index contributed by atoms with van der Waals surface area (Å²) in [5.41, 5.74) is 1.23. The molecule has 1 aliphatic carbocycles. The number of aliphatic hydroxyl groups is 1. The van der Waals surface area contributed by atoms with Crippen molar-refractivity contribution in [2.75, 3.05) is 5.32 Å². The molecule has 2 rings (SSSR count). The number of hydrogen-bond acceptors (Lipinski definition) is 3. The maximum absolute atomic E-state index is 11.8. The summed E-state index contributed by atoms with van der Waals surface area (Å²) in [7, 11) is 0. The van der Waals surface area contributed by atoms with E-state index in [1.165, 1.54) is 6.92 Å². The summed E-state index contributed by atoms with van der Waals surface area (Å²) < 4.78 is 0. The first-order valence-electron chi connectivity index (χ1n) is 6.93. The molecule has 0 bridgehead atoms. The van der Waals surface area contributed by atoms with Crippen molar-refractivity contribution in [3.63, 3.8) is 0 Å². The lowest BCUT2D eigenvalue weighted by atomic mass is 9.93. The fraction of sp³-hybridized carbons (Fsp3) is 0.467. The highest BCUT2D eigenvalue weighted by Gasteiger charge is 2.24. The number of anilines is 1. The van der Waals surface area contributed by atoms with Crippen LogP contribution in [0.2, 0.25) is 0 Å². The summed E-state index contributed by atoms with van der Waals surface area (Å²) in [5.74, 6) is -0.00803. The monoisotopic (exact) mass is 276 g/mol. The zero-order valence-electron chi connectivity index (χ0n) is 11.6. The van der Waals surface area contributed by atoms with Crippen molar-refractivity contribution >= 4 is 17.5 Å². The fourth-order valence-electron chi connectivity index (χ4n) is 2.40. The molecular formula is C15H20N2O3. The minimum Gasteiger partial charge on any atom is -0.391 e. The summed E-state index contributed by atoms with van der Waals surface area (Å²) in [6.45, 7) is 1.50. The molecule has 0 heterocycles. The van der Waals surface area contributed by atoms with E-state index in [9.17, 15) is 14.7 Å². The van der Waals surface area contributed by atoms with Gasteiger partial charge in [-0.15, -0.1) is 0 Å². The number of urea groups is 1. The number of aliphatic hydroxyl groups excluding tert-OH is 1. The van der Waals surface area contributed by atoms with Crippen LogP contribution >= 0.6 is 0 Å². The van der Waals surface area contributed by atoms with E-state index in [0.717, 1.165) is 25.7 Å². The maximum Gasteiger partial charge on any atom is 0.319 e. The van der Waals surface area contributed by atoms with Gasteiger partial charge < -0.3 is 15.7 Å². The zero-order chi connectivity index (χ0) is 14.5. The average Bonchev–Trinajstić information content (AvgIpc) is 2.42. The molecule has 1 aromatic carbocycles. The van der Waals surface area contributed by atoms with E-state index in [-0.39, 0.29) is 17.9 Å². The van der Waals surface area contributed by atoms with Gasteiger partial charge in [0.05, 0.1) is 12.1 Å². The molecule has 5 nitrogen and oxygen atoms in total. The zero-order valence-corrected chi connectivity index (χ0v) is 11.6. The Morgan fingerprint density at radius 2 is 1.80 bits per heavy atom. The third kappa shape index (κ3) is 3.81. The molecule has 0 aliphatic heterocycles. The first-order chi connectivity index (χ1) is 9.56. The summed E-state index contributed by atoms with van der Waals surface area (Å²) in [4.78, 5) is 23.0. The third-order valence-electron chi connectivity index (χ3n) is 3.60. The van der Waals surface area contributed by atoms with Crippen LogP contribution in [0.5, 0.6) is 0 Å². The van der Waals surface area contributed by atoms with Gasteiger partial charge in [0.1, 0.15) is 0 Å². The first kappa shape index (κ1) is 14.5. The van der Waals surface area contributed by atoms with Gasteiger partial charge >= 0.3 is 6.03 Å². The second-order valence-corrected chi connectivity index (χ2v) is 5.19. The smallest absolute Gasteiger partial charge is 0.319 e. The Morgan fingerprint density at radius 1 is 1.15 bits per heavy atom. The van der Waals surface area contributed by atoms with Crippen LogP contribution in [0.25, 0.3) is 0 Å². The van der Waals surface area contributed by atoms with Gasteiger partial charge in [-0.3, -0.25) is 4.79 Å². The van der Waals surface area contributed by atoms with Gasteiger partial charge in [0.2, 0.25) is 0 Å². The Kier molecular flexibility index (Phi) is 4.74. The van der Waals surface area contributed by atoms with E-state index in [4.69, 9.17) is 0 Å². The number of carbonyl (C=O) groups excluding carboxylic acids is 2. The van der Waals surface area contributed by atoms with Crippen molar-refractivity contribution in [1.82, 2.24) is 5.32 Å². The molecule has 0 radical (unpaired) electrons. The average molecular weight is 276 g/mol. The summed E-state index contributed by atoms with van der Waals surface area (Å²) in [5, 5.41) is 15.3. The van der Waals surface area contributed by atoms with Gasteiger partial charge in [-0.05, 0) is 44.0 Å². The number of Topliss-reactive ketones (excluding diaryl/α,β-unsaturated/α-hetero) is 1. The van der Waals surface area contributed by atoms with Crippen LogP contribution in [0.3, 0.4) is 0 Å². The Labute approximate surface area is 118 Å². The SMILES string of the molecule is CC(=O)c1ccc(NC(=O)N[C@@H]2CCCC[C@H]2O)cc1. The van der Waals surface area contributed by atoms with E-state index in [1.54, 1.807) is 24.3 Å². The minimum atomic E-state index is -0.463. The van der Waals surface area contributed by atoms with Crippen LogP contribution in [-0.4, -0.2) is 29.1 Å². The predicted molar refractivity (Wildman–Crippen MR) is 76.9 cm³/mol. The van der Waals surface area contributed by atoms with E-state index < -0.39 is 6.10 Å². The van der Waals surface area contributed by atoms with Crippen LogP contribution in [0.4, 0.5) is 10.5 Å². The number of hydrogen-bond donors (Lipinski definition) is 3. The number of benzene rings is 1. The first-order valence-corrected chi connectivity index (χ1v) is 6.93. The molecule has 20 heavy (non-hydrogen) atoms. The second kappa shape index (κ2) is 6.52. The van der Waals surface area contributed by atoms with Crippen molar-refractivity contribution in [3.05, 3.63) is 29.8 Å². The van der Waals surface area contributed by atoms with Crippen molar-refractivity contribution in [3.8, 4) is 0 Å². The normalized spacial score (nSPS) is 22.1. The van der Waals surface area contributed by atoms with Crippen LogP contribution < -0.4 is 10.6 Å². The fourth-order valence-corrected chi connectivity index (χ4v) is 2.40. The summed E-state index contributed by atoms with van der Waals surface area (Å²) in [6, 6.07) is 6.22. The van der Waals surface area contributed by atoms with E-state index in [2.05, 4.69) is 10.6 Å². The minimum absolute atomic E-state index is 0.00803. The third-order valence-corrected chi connectivity index (χ3v) is 3.60. The van der Waals surface area contributed by atoms with Crippen molar-refractivity contribution in [2.45, 2.75) is 44.8 Å². The van der Waals surface area contributed by atoms with Crippen molar-refractivity contribution in [2.24, 2.45) is 0 Å². The van der Waals surface area contributed by atoms with E-state index in [0.29, 0.717) is 11.3 Å². The Balaban J connectivity index is 1.89. The van der Waals surface area contributed by atoms with Crippen LogP contribution in [0.15, 0.2) is 24.3 Å². The highest BCUT2D eigenvalue weighted by Crippen LogP contribution is 2.18. The molecule has 1 saturated carbocycles. The van der Waals surface area contributed by atoms with Gasteiger partial charge in [0, 0.05) is 11.3 Å². The molecule has 2 amide bonds. The van der Waals surface area contributed by atoms with Gasteiger partial charge in [-0.25, -0.2) is 4.79 Å². The molecule has 1 aliphatic rings. The highest BCUT2D eigenvalue weighted by molar-refractivity contribution is 5.95. The van der Waals surface area contributed by atoms with E-state index in [1.807, 2.05) is 0 Å². The van der Waals surface area contributed by atoms with Crippen LogP contribution in [0, 0.1) is 0 Å². The number of carbonyl (C=O) groups is 2. The summed E-state index contributed by atoms with van der Waals surface area (Å²) >= 11 is 0. The maximum atomic E-state index is 11.8. The number of nitrogens with one attached hydrogen (secondary N) is 2. The molecule has 0 aromatic heterocycles. The van der Waals surface area contributed by atoms with Crippen molar-refractivity contribution < 1.29 is 14.7 Å². The topological polar surface area (TPSA) is 78.4 Å². The Bertz CT molecular complexity index is 484. The molecule has 1 fully saturated rings. The molecule has 5 heteroatoms. The van der Waals surface area contributed by atoms with Gasteiger partial charge in [-0.2, -0.15) is 0 Å². The lowest BCUT2D eigenvalue weighted by molar-refractivity contribution is 0.0955. The Hall–Kier alpha value is -1.88. The standard InChI is InChI=1S/C15H20N2O3/c1-10(18)11-6-8-12(9-7-11)16-15(20)17-13-4-2-3-5-14(13)19/h6-9,13-14,19H,2-5H2,1H3,(H2,16,17,20)/t13-,14-/m1/s1. The molecule has 3 N–H and O–H groups in total. The van der Waals surface area contributed by atoms with Gasteiger partial charge in [-0.1, -0.05) is 12.8 Å². The number of amides is 2. The predicted octanol–water partition coefficient (Wildman–Crippen LogP) is 2.31. The van der Waals surface area contributed by atoms with Crippen LogP contribution in [-0.2, 0) is 0 Å². The van der Waals surface area contributed by atoms with Crippen LogP contribution in [0.1, 0.15) is 43.0 Å². The summed E-state index contributed by atoms with van der Waals surface area (Å²) in [6.07, 6.45) is 3.11.